The molecule has 2 atom stereocenters. The van der Waals surface area contributed by atoms with Gasteiger partial charge in [-0.2, -0.15) is 0 Å². The maximum absolute atomic E-state index is 11.8. The van der Waals surface area contributed by atoms with E-state index in [9.17, 15) is 105 Å². The fourth-order valence-electron chi connectivity index (χ4n) is 17.0. The number of aliphatic carboxylic acids is 8. The predicted molar refractivity (Wildman–Crippen MR) is 507 cm³/mol. The molecular formula is C104H162O33. The summed E-state index contributed by atoms with van der Waals surface area (Å²) in [4.78, 5) is 242. The van der Waals surface area contributed by atoms with Gasteiger partial charge >= 0.3 is 65.7 Å². The summed E-state index contributed by atoms with van der Waals surface area (Å²) in [6, 6.07) is 5.98. The number of methoxy groups -OCH3 is 2. The topological polar surface area (TPSA) is 576 Å². The summed E-state index contributed by atoms with van der Waals surface area (Å²) < 4.78 is 9.32. The first-order valence-corrected chi connectivity index (χ1v) is 47.3. The molecule has 0 unspecified atom stereocenters. The summed E-state index contributed by atoms with van der Waals surface area (Å²) in [5.41, 5.74) is -4.17. The fraction of sp³-hybridized carbons (Fsp3) is 0.731. The summed E-state index contributed by atoms with van der Waals surface area (Å²) >= 11 is 0. The van der Waals surface area contributed by atoms with E-state index in [0.29, 0.717) is 94.2 Å². The Morgan fingerprint density at radius 2 is 0.730 bits per heavy atom. The van der Waals surface area contributed by atoms with Gasteiger partial charge in [0.1, 0.15) is 57.1 Å². The van der Waals surface area contributed by atoms with Crippen LogP contribution in [0.5, 0.6) is 0 Å². The van der Waals surface area contributed by atoms with Crippen LogP contribution in [0.2, 0.25) is 0 Å². The Hall–Kier alpha value is -10.2. The van der Waals surface area contributed by atoms with Gasteiger partial charge in [-0.25, -0.2) is 4.79 Å². The van der Waals surface area contributed by atoms with Gasteiger partial charge in [-0.1, -0.05) is 172 Å². The highest BCUT2D eigenvalue weighted by molar-refractivity contribution is 6.07. The second-order valence-electron chi connectivity index (χ2n) is 43.0. The van der Waals surface area contributed by atoms with E-state index in [-0.39, 0.29) is 219 Å². The van der Waals surface area contributed by atoms with Crippen molar-refractivity contribution >= 4 is 129 Å². The van der Waals surface area contributed by atoms with Crippen LogP contribution in [0.4, 0.5) is 0 Å². The molecule has 0 radical (unpaired) electrons. The highest BCUT2D eigenvalue weighted by Gasteiger charge is 2.76. The number of aromatic carboxylic acids is 1. The fourth-order valence-corrected chi connectivity index (χ4v) is 17.0. The number of carbonyl (C=O) groups is 22. The van der Waals surface area contributed by atoms with Crippen LogP contribution in [0, 0.1) is 150 Å². The van der Waals surface area contributed by atoms with E-state index in [2.05, 4.69) is 4.74 Å². The number of hydrogen-bond donors (Lipinski definition) is 9. The Kier molecular flexibility index (Phi) is 51.1. The molecule has 11 aliphatic carbocycles. The van der Waals surface area contributed by atoms with Crippen molar-refractivity contribution in [3.63, 3.8) is 0 Å². The Morgan fingerprint density at radius 3 is 0.985 bits per heavy atom. The normalized spacial score (nSPS) is 23.9. The molecule has 11 fully saturated rings. The van der Waals surface area contributed by atoms with Crippen LogP contribution < -0.4 is 0 Å². The van der Waals surface area contributed by atoms with E-state index in [1.54, 1.807) is 102 Å². The molecule has 1 aromatic rings. The van der Waals surface area contributed by atoms with Crippen molar-refractivity contribution in [2.24, 2.45) is 150 Å². The third kappa shape index (κ3) is 36.8. The minimum absolute atomic E-state index is 0. The lowest BCUT2D eigenvalue weighted by Gasteiger charge is -2.67. The minimum Gasteiger partial charge on any atom is -0.481 e. The lowest BCUT2D eigenvalue weighted by molar-refractivity contribution is -0.223. The number of carbonyl (C=O) groups excluding carboxylic acids is 13. The van der Waals surface area contributed by atoms with E-state index < -0.39 is 80.8 Å². The average molecular weight is 1940 g/mol. The molecule has 4 bridgehead atoms. The van der Waals surface area contributed by atoms with Gasteiger partial charge in [0.25, 0.3) is 0 Å². The monoisotopic (exact) mass is 1940 g/mol. The summed E-state index contributed by atoms with van der Waals surface area (Å²) in [5, 5.41) is 77.9. The van der Waals surface area contributed by atoms with Crippen LogP contribution in [0.25, 0.3) is 0 Å². The molecule has 1 aromatic carbocycles. The maximum Gasteiger partial charge on any atom is 0.335 e. The van der Waals surface area contributed by atoms with Crippen LogP contribution in [-0.2, 0) is 105 Å². The third-order valence-electron chi connectivity index (χ3n) is 26.8. The smallest absolute Gasteiger partial charge is 0.335 e. The second-order valence-corrected chi connectivity index (χ2v) is 43.0. The molecular weight excluding hydrogens is 1780 g/mol. The number of carboxylic acids is 9. The SMILES string of the molecule is C.CC(C)C(=O)C(C)(C)C(=O)O.CC(C)C(=O)C1(C(=O)O)CC1.CC(C)C(=O)C12CC(C(=O)O)(C1)C2.CC(C)C(=O)C1CC(C(=O)O)C1.CC(C)C(=O)C1CCC(C)(C(=O)O)CC1.CC(C)C(=O)CC(C)(C)C(=O)O.CC(C)C(=O)CCC(=O)O.CC(C)C(=O)[C@@H]1C[C@H]1C(=O)O.CC(C)C(=O)c1ccc(C(=O)O)cc1.COC(=O)C12CC(C(=O)C(C)C)(C1)C2.COC(=O)C1CC(C(=O)C(C)C)C1. The number of hydrogen-bond acceptors (Lipinski definition) is 24. The summed E-state index contributed by atoms with van der Waals surface area (Å²) in [7, 11) is 2.81. The Balaban J connectivity index is 0. The zero-order chi connectivity index (χ0) is 107. The predicted octanol–water partition coefficient (Wildman–Crippen LogP) is 17.2. The molecule has 11 saturated carbocycles. The van der Waals surface area contributed by atoms with Gasteiger partial charge in [-0.15, -0.1) is 0 Å². The Bertz CT molecular complexity index is 4360. The number of ketones is 11. The van der Waals surface area contributed by atoms with Gasteiger partial charge in [-0.05, 0) is 156 Å². The standard InChI is InChI=1S/C12H20O3.C11H16O3.C11H12O3.C10H14O3.C10H16O3.C9H14O3.C9H16O3.2C8H12O3.C8H14O3.C7H12O3.CH4/c1-8(2)10(13)9-4-6-12(3,7-5-9)11(14)15;1-7(2)8(12)10-4-11(5-10,6-10)9(13)14-3;1-7(2)10(12)8-3-5-9(6-4-8)11(13)14;1-6(2)7(11)9-3-10(4-9,5-9)8(12)13;1-6(2)9(11)7-4-8(5-7)10(12)13-3;1-5(2)8(10)6-3-7(4-6)9(11)12;1-6(2)7(10)5-9(3,4)8(11)12;1-5(2)6(9)8(3-4-8)7(10)11;1-4(2)7(9)5-3-6(5)8(10)11;1-5(2)6(9)8(3,4)7(10)11;1-5(2)6(8)3-4-7(9)10;/h8-9H,4-7H2,1-3H3,(H,14,15);7H,4-6H2,1-3H3;3-7H,1-2H3,(H,13,14);6H,3-5H2,1-2H3,(H,12,13);6-8H,4-5H2,1-3H3;5-7H,3-4H2,1-2H3,(H,11,12);6H,5H2,1-4H3,(H,11,12);5H,3-4H2,1-2H3,(H,10,11);4-6H,3H2,1-2H3,(H,10,11);5H,1-4H3,(H,10,11);5H,3-4H2,1-2H3,(H,9,10);1H4/t;;;;;;;;5-,6-;;;/m........1.../s1. The van der Waals surface area contributed by atoms with Gasteiger partial charge in [-0.3, -0.25) is 101 Å². The van der Waals surface area contributed by atoms with E-state index in [0.717, 1.165) is 32.1 Å². The van der Waals surface area contributed by atoms with Crippen molar-refractivity contribution in [1.29, 1.82) is 0 Å². The number of carboxylic acid groups (broad SMARTS) is 9. The molecule has 33 heteroatoms. The van der Waals surface area contributed by atoms with Crippen molar-refractivity contribution in [3.8, 4) is 0 Å². The van der Waals surface area contributed by atoms with Gasteiger partial charge < -0.3 is 55.4 Å². The number of ether oxygens (including phenoxy) is 2. The zero-order valence-electron chi connectivity index (χ0n) is 85.7. The molecule has 0 spiro atoms. The third-order valence-corrected chi connectivity index (χ3v) is 26.8. The van der Waals surface area contributed by atoms with Gasteiger partial charge in [0, 0.05) is 118 Å². The van der Waals surface area contributed by atoms with Crippen LogP contribution >= 0.6 is 0 Å². The molecule has 9 N–H and O–H groups in total. The van der Waals surface area contributed by atoms with Crippen LogP contribution in [-0.4, -0.2) is 189 Å². The van der Waals surface area contributed by atoms with Crippen molar-refractivity contribution in [1.82, 2.24) is 0 Å². The molecule has 12 rings (SSSR count). The minimum atomic E-state index is -1.24. The number of benzene rings is 1. The molecule has 0 aliphatic heterocycles. The summed E-state index contributed by atoms with van der Waals surface area (Å²) in [6.07, 6.45) is 11.0. The molecule has 33 nitrogen and oxygen atoms in total. The summed E-state index contributed by atoms with van der Waals surface area (Å²) in [5.74, 6) is -7.89. The zero-order valence-corrected chi connectivity index (χ0v) is 85.7. The number of esters is 2. The van der Waals surface area contributed by atoms with Gasteiger partial charge in [0.05, 0.1) is 65.6 Å². The number of Topliss-reactive ketones (excluding diaryl/α,β-unsaturated/α-hetero) is 11. The van der Waals surface area contributed by atoms with Crippen LogP contribution in [0.3, 0.4) is 0 Å². The maximum atomic E-state index is 11.8. The Labute approximate surface area is 808 Å². The molecule has 776 valence electrons. The first-order valence-electron chi connectivity index (χ1n) is 47.3. The molecule has 137 heavy (non-hydrogen) atoms. The van der Waals surface area contributed by atoms with Crippen molar-refractivity contribution in [3.05, 3.63) is 35.4 Å². The molecule has 0 heterocycles. The average Bonchev–Trinajstić information content (AvgIpc) is 1.65. The lowest BCUT2D eigenvalue weighted by atomic mass is 9.33. The highest BCUT2D eigenvalue weighted by Crippen LogP contribution is 2.75. The molecule has 0 aromatic heterocycles. The van der Waals surface area contributed by atoms with E-state index >= 15 is 0 Å². The molecule has 0 amide bonds. The summed E-state index contributed by atoms with van der Waals surface area (Å²) in [6.45, 7) is 47.9. The van der Waals surface area contributed by atoms with E-state index in [1.165, 1.54) is 40.2 Å². The van der Waals surface area contributed by atoms with E-state index in [4.69, 9.17) is 50.7 Å². The van der Waals surface area contributed by atoms with Crippen LogP contribution in [0.1, 0.15) is 343 Å². The van der Waals surface area contributed by atoms with Crippen molar-refractivity contribution < 1.29 is 161 Å². The first-order chi connectivity index (χ1) is 62.0. The highest BCUT2D eigenvalue weighted by atomic mass is 16.5. The van der Waals surface area contributed by atoms with Crippen molar-refractivity contribution in [2.45, 2.75) is 323 Å². The largest absolute Gasteiger partial charge is 0.481 e. The lowest BCUT2D eigenvalue weighted by Crippen LogP contribution is -2.69. The van der Waals surface area contributed by atoms with E-state index in [1.807, 2.05) is 83.1 Å². The van der Waals surface area contributed by atoms with Crippen molar-refractivity contribution in [2.75, 3.05) is 14.2 Å². The molecule has 0 saturated heterocycles. The van der Waals surface area contributed by atoms with Gasteiger partial charge in [0.2, 0.25) is 0 Å². The number of rotatable bonds is 35. The van der Waals surface area contributed by atoms with Crippen LogP contribution in [0.15, 0.2) is 24.3 Å². The Morgan fingerprint density at radius 1 is 0.358 bits per heavy atom. The second kappa shape index (κ2) is 54.4. The van der Waals surface area contributed by atoms with Gasteiger partial charge in [0.15, 0.2) is 17.3 Å². The quantitative estimate of drug-likeness (QED) is 0.0173. The first kappa shape index (κ1) is 129. The molecule has 11 aliphatic rings.